The van der Waals surface area contributed by atoms with Gasteiger partial charge < -0.3 is 10.2 Å². The third-order valence-electron chi connectivity index (χ3n) is 1.95. The van der Waals surface area contributed by atoms with Gasteiger partial charge in [-0.1, -0.05) is 0 Å². The minimum absolute atomic E-state index is 0.132. The van der Waals surface area contributed by atoms with Crippen molar-refractivity contribution in [2.75, 3.05) is 0 Å². The van der Waals surface area contributed by atoms with Crippen LogP contribution in [0.25, 0.3) is 0 Å². The van der Waals surface area contributed by atoms with Gasteiger partial charge in [-0.3, -0.25) is 0 Å². The van der Waals surface area contributed by atoms with Crippen molar-refractivity contribution in [3.05, 3.63) is 11.1 Å². The first-order chi connectivity index (χ1) is 8.17. The number of aliphatic carboxylic acids is 2. The second-order valence-corrected chi connectivity index (χ2v) is 15.8. The molecule has 0 rings (SSSR count). The predicted octanol–water partition coefficient (Wildman–Crippen LogP) is 3.62. The fraction of sp³-hybridized carbons (Fsp3) is 0.714. The topological polar surface area (TPSA) is 74.6 Å². The fourth-order valence-corrected chi connectivity index (χ4v) is 7.87. The molecule has 0 saturated heterocycles. The molecular formula is C14H26O4Sn. The van der Waals surface area contributed by atoms with Gasteiger partial charge in [-0.05, 0) is 13.8 Å². The van der Waals surface area contributed by atoms with Gasteiger partial charge in [-0.25, -0.2) is 9.59 Å². The number of carbonyl (C=O) groups is 2. The maximum atomic E-state index is 10.1. The molecule has 0 aliphatic heterocycles. The maximum absolute atomic E-state index is 10.1. The molecule has 0 amide bonds. The van der Waals surface area contributed by atoms with Crippen LogP contribution in [0.15, 0.2) is 11.1 Å². The normalized spacial score (nSPS) is 13.1. The van der Waals surface area contributed by atoms with Crippen molar-refractivity contribution in [3.63, 3.8) is 0 Å². The summed E-state index contributed by atoms with van der Waals surface area (Å²) in [6.07, 6.45) is 0. The molecule has 19 heavy (non-hydrogen) atoms. The zero-order chi connectivity index (χ0) is 16.0. The van der Waals surface area contributed by atoms with Gasteiger partial charge in [0.15, 0.2) is 0 Å². The molecule has 4 nitrogen and oxygen atoms in total. The van der Waals surface area contributed by atoms with E-state index in [1.807, 2.05) is 0 Å². The molecule has 2 N–H and O–H groups in total. The van der Waals surface area contributed by atoms with E-state index in [0.29, 0.717) is 6.86 Å². The Morgan fingerprint density at radius 1 is 0.737 bits per heavy atom. The van der Waals surface area contributed by atoms with E-state index < -0.39 is 11.9 Å². The number of carboxylic acids is 2. The Bertz CT molecular complexity index is 323. The molecule has 0 saturated carbocycles. The first-order valence-corrected chi connectivity index (χ1v) is 8.96. The van der Waals surface area contributed by atoms with Crippen LogP contribution in [-0.4, -0.2) is 43.3 Å². The van der Waals surface area contributed by atoms with Crippen molar-refractivity contribution in [1.29, 1.82) is 0 Å². The molecule has 0 fully saturated rings. The summed E-state index contributed by atoms with van der Waals surface area (Å²) < 4.78 is 1.31. The Hall–Kier alpha value is -0.521. The monoisotopic (exact) mass is 378 g/mol. The van der Waals surface area contributed by atoms with Crippen molar-refractivity contribution >= 4 is 33.1 Å². The van der Waals surface area contributed by atoms with Crippen LogP contribution in [-0.2, 0) is 9.59 Å². The van der Waals surface area contributed by atoms with E-state index in [1.54, 1.807) is 0 Å². The molecule has 0 aromatic heterocycles. The second kappa shape index (κ2) is 7.92. The fourth-order valence-electron chi connectivity index (χ4n) is 1.45. The number of hydrogen-bond acceptors (Lipinski definition) is 2. The van der Waals surface area contributed by atoms with Crippen LogP contribution in [0, 0.1) is 0 Å². The Kier molecular flexibility index (Phi) is 8.67. The van der Waals surface area contributed by atoms with Crippen molar-refractivity contribution in [2.45, 2.75) is 62.3 Å². The van der Waals surface area contributed by atoms with Crippen LogP contribution in [0.5, 0.6) is 0 Å². The van der Waals surface area contributed by atoms with E-state index in [2.05, 4.69) is 41.5 Å². The van der Waals surface area contributed by atoms with Crippen LogP contribution < -0.4 is 0 Å². The van der Waals surface area contributed by atoms with Crippen molar-refractivity contribution in [1.82, 2.24) is 0 Å². The SMILES string of the molecule is C/C(C(=O)O)=C(\C)C(=O)O.C[C](C)(C)[Sn][C](C)(C)C. The summed E-state index contributed by atoms with van der Waals surface area (Å²) in [4.78, 5) is 20.2. The summed E-state index contributed by atoms with van der Waals surface area (Å²) >= 11 is -0.182. The first kappa shape index (κ1) is 20.8. The summed E-state index contributed by atoms with van der Waals surface area (Å²) in [5, 5.41) is 16.6. The van der Waals surface area contributed by atoms with E-state index in [1.165, 1.54) is 13.8 Å². The molecular weight excluding hydrogens is 351 g/mol. The third-order valence-corrected chi connectivity index (χ3v) is 6.24. The van der Waals surface area contributed by atoms with Crippen molar-refractivity contribution in [3.8, 4) is 0 Å². The zero-order valence-corrected chi connectivity index (χ0v) is 16.1. The van der Waals surface area contributed by atoms with Crippen LogP contribution >= 0.6 is 0 Å². The second-order valence-electron chi connectivity index (χ2n) is 6.49. The van der Waals surface area contributed by atoms with Crippen molar-refractivity contribution < 1.29 is 19.8 Å². The molecule has 0 aliphatic carbocycles. The summed E-state index contributed by atoms with van der Waals surface area (Å²) in [5.74, 6) is -2.39. The summed E-state index contributed by atoms with van der Waals surface area (Å²) in [6.45, 7) is 16.7. The third kappa shape index (κ3) is 13.7. The van der Waals surface area contributed by atoms with Gasteiger partial charge in [0.25, 0.3) is 0 Å². The van der Waals surface area contributed by atoms with Crippen LogP contribution in [0.3, 0.4) is 0 Å². The van der Waals surface area contributed by atoms with Crippen LogP contribution in [0.2, 0.25) is 6.86 Å². The Morgan fingerprint density at radius 3 is 1.00 bits per heavy atom. The molecule has 0 aromatic rings. The Labute approximate surface area is 126 Å². The average molecular weight is 377 g/mol. The molecule has 0 aliphatic rings. The van der Waals surface area contributed by atoms with E-state index in [9.17, 15) is 9.59 Å². The number of rotatable bonds is 2. The summed E-state index contributed by atoms with van der Waals surface area (Å²) in [5.41, 5.74) is -0.264. The zero-order valence-electron chi connectivity index (χ0n) is 13.2. The van der Waals surface area contributed by atoms with E-state index >= 15 is 0 Å². The average Bonchev–Trinajstić information content (AvgIpc) is 2.09. The molecule has 0 atom stereocenters. The standard InChI is InChI=1S/C6H8O4.2C4H9.Sn/c1-3(5(7)8)4(2)6(9)10;2*1-4(2)3;/h1-2H3,(H,7,8)(H,9,10);2*1-3H3;/b4-3-;;;. The summed E-state index contributed by atoms with van der Waals surface area (Å²) in [7, 11) is 0. The van der Waals surface area contributed by atoms with Gasteiger partial charge in [0.2, 0.25) is 0 Å². The van der Waals surface area contributed by atoms with E-state index in [-0.39, 0.29) is 32.3 Å². The predicted molar refractivity (Wildman–Crippen MR) is 78.8 cm³/mol. The Morgan fingerprint density at radius 2 is 0.947 bits per heavy atom. The van der Waals surface area contributed by atoms with Gasteiger partial charge in [0, 0.05) is 11.1 Å². The quantitative estimate of drug-likeness (QED) is 0.570. The molecule has 110 valence electrons. The number of carboxylic acid groups (broad SMARTS) is 2. The summed E-state index contributed by atoms with van der Waals surface area (Å²) in [6, 6.07) is 0. The van der Waals surface area contributed by atoms with Gasteiger partial charge in [0.05, 0.1) is 0 Å². The van der Waals surface area contributed by atoms with Crippen LogP contribution in [0.1, 0.15) is 55.4 Å². The van der Waals surface area contributed by atoms with Gasteiger partial charge in [-0.15, -0.1) is 0 Å². The van der Waals surface area contributed by atoms with Gasteiger partial charge in [-0.2, -0.15) is 0 Å². The molecule has 0 heterocycles. The van der Waals surface area contributed by atoms with Gasteiger partial charge >= 0.3 is 81.5 Å². The molecule has 0 bridgehead atoms. The molecule has 5 heteroatoms. The molecule has 0 unspecified atom stereocenters. The first-order valence-electron chi connectivity index (χ1n) is 6.11. The molecule has 0 spiro atoms. The van der Waals surface area contributed by atoms with Gasteiger partial charge in [0.1, 0.15) is 0 Å². The number of hydrogen-bond donors (Lipinski definition) is 2. The van der Waals surface area contributed by atoms with E-state index in [4.69, 9.17) is 10.2 Å². The molecule has 0 aromatic carbocycles. The van der Waals surface area contributed by atoms with Crippen molar-refractivity contribution in [2.24, 2.45) is 0 Å². The Balaban J connectivity index is 0. The molecule has 2 radical (unpaired) electrons. The minimum atomic E-state index is -1.19. The van der Waals surface area contributed by atoms with Crippen LogP contribution in [0.4, 0.5) is 0 Å². The van der Waals surface area contributed by atoms with E-state index in [0.717, 1.165) is 0 Å².